The zero-order valence-corrected chi connectivity index (χ0v) is 20.3. The Bertz CT molecular complexity index is 702. The normalized spacial score (nSPS) is 16.5. The van der Waals surface area contributed by atoms with Crippen LogP contribution in [-0.2, 0) is 16.3 Å². The van der Waals surface area contributed by atoms with Crippen LogP contribution >= 0.6 is 24.0 Å². The van der Waals surface area contributed by atoms with E-state index in [2.05, 4.69) is 38.5 Å². The van der Waals surface area contributed by atoms with Crippen molar-refractivity contribution < 1.29 is 8.42 Å². The molecule has 2 N–H and O–H groups in total. The molecule has 2 rings (SSSR count). The van der Waals surface area contributed by atoms with Crippen molar-refractivity contribution in [1.29, 1.82) is 0 Å². The predicted octanol–water partition coefficient (Wildman–Crippen LogP) is 1.61. The summed E-state index contributed by atoms with van der Waals surface area (Å²) >= 11 is 0. The van der Waals surface area contributed by atoms with Crippen LogP contribution in [0.4, 0.5) is 0 Å². The lowest BCUT2D eigenvalue weighted by molar-refractivity contribution is 0.216. The number of hydrogen-bond acceptors (Lipinski definition) is 5. The number of nitrogens with one attached hydrogen (secondary N) is 2. The lowest BCUT2D eigenvalue weighted by Gasteiger charge is -2.32. The minimum Gasteiger partial charge on any atom is -0.357 e. The third kappa shape index (κ3) is 10.0. The van der Waals surface area contributed by atoms with Crippen molar-refractivity contribution in [2.45, 2.75) is 39.2 Å². The first-order valence-corrected chi connectivity index (χ1v) is 11.8. The van der Waals surface area contributed by atoms with E-state index in [1.165, 1.54) is 11.8 Å². The molecule has 0 spiro atoms. The number of aliphatic imine (C=N–C) groups is 1. The molecule has 1 aromatic heterocycles. The van der Waals surface area contributed by atoms with Gasteiger partial charge >= 0.3 is 0 Å². The molecular weight excluding hydrogens is 489 g/mol. The number of piperidine rings is 1. The topological polar surface area (TPSA) is 86.7 Å². The highest BCUT2D eigenvalue weighted by Gasteiger charge is 2.20. The van der Waals surface area contributed by atoms with Gasteiger partial charge in [-0.05, 0) is 44.7 Å². The molecule has 0 atom stereocenters. The number of hydrogen-bond donors (Lipinski definition) is 2. The smallest absolute Gasteiger partial charge is 0.191 e. The Hall–Kier alpha value is -0.940. The Morgan fingerprint density at radius 1 is 1.32 bits per heavy atom. The standard InChI is InChI=1S/C19H33N5O2S.HI/c1-4-20-19(21-10-7-17-6-5-16(2)22-15-17)23-18-8-11-24(12-9-18)13-14-27(3,25)26;/h5-6,15,18H,4,7-14H2,1-3H3,(H2,20,21,23);1H. The van der Waals surface area contributed by atoms with Gasteiger partial charge in [0.1, 0.15) is 9.84 Å². The van der Waals surface area contributed by atoms with Gasteiger partial charge in [-0.1, -0.05) is 6.07 Å². The van der Waals surface area contributed by atoms with Crippen LogP contribution < -0.4 is 10.6 Å². The maximum absolute atomic E-state index is 11.3. The van der Waals surface area contributed by atoms with Gasteiger partial charge in [-0.15, -0.1) is 24.0 Å². The number of nitrogens with zero attached hydrogens (tertiary/aromatic N) is 3. The number of guanidine groups is 1. The van der Waals surface area contributed by atoms with Gasteiger partial charge in [0.05, 0.1) is 5.75 Å². The number of aromatic nitrogens is 1. The molecule has 1 aliphatic rings. The number of halogens is 1. The summed E-state index contributed by atoms with van der Waals surface area (Å²) in [6.45, 7) is 8.06. The number of sulfone groups is 1. The summed E-state index contributed by atoms with van der Waals surface area (Å²) in [4.78, 5) is 11.2. The highest BCUT2D eigenvalue weighted by Crippen LogP contribution is 2.10. The largest absolute Gasteiger partial charge is 0.357 e. The first kappa shape index (κ1) is 25.1. The summed E-state index contributed by atoms with van der Waals surface area (Å²) in [5.41, 5.74) is 2.22. The van der Waals surface area contributed by atoms with E-state index in [0.717, 1.165) is 50.6 Å². The number of rotatable bonds is 8. The highest BCUT2D eigenvalue weighted by atomic mass is 127. The molecule has 2 heterocycles. The second kappa shape index (κ2) is 12.6. The van der Waals surface area contributed by atoms with Gasteiger partial charge < -0.3 is 15.5 Å². The van der Waals surface area contributed by atoms with E-state index in [-0.39, 0.29) is 29.7 Å². The average molecular weight is 523 g/mol. The minimum atomic E-state index is -2.89. The molecule has 9 heteroatoms. The van der Waals surface area contributed by atoms with Crippen molar-refractivity contribution in [1.82, 2.24) is 20.5 Å². The van der Waals surface area contributed by atoms with Crippen LogP contribution in [0.3, 0.4) is 0 Å². The lowest BCUT2D eigenvalue weighted by Crippen LogP contribution is -2.49. The van der Waals surface area contributed by atoms with Crippen LogP contribution in [0.2, 0.25) is 0 Å². The van der Waals surface area contributed by atoms with Crippen molar-refractivity contribution in [3.05, 3.63) is 29.6 Å². The van der Waals surface area contributed by atoms with Gasteiger partial charge in [0.15, 0.2) is 5.96 Å². The third-order valence-corrected chi connectivity index (χ3v) is 5.62. The second-order valence-electron chi connectivity index (χ2n) is 7.21. The van der Waals surface area contributed by atoms with Gasteiger partial charge in [-0.25, -0.2) is 8.42 Å². The van der Waals surface area contributed by atoms with Crippen LogP contribution in [0.1, 0.15) is 31.0 Å². The maximum atomic E-state index is 11.3. The summed E-state index contributed by atoms with van der Waals surface area (Å²) < 4.78 is 22.6. The predicted molar refractivity (Wildman–Crippen MR) is 126 cm³/mol. The molecule has 0 unspecified atom stereocenters. The first-order valence-electron chi connectivity index (χ1n) is 9.72. The van der Waals surface area contributed by atoms with E-state index in [9.17, 15) is 8.42 Å². The van der Waals surface area contributed by atoms with Gasteiger partial charge in [0.2, 0.25) is 0 Å². The number of likely N-dealkylation sites (tertiary alicyclic amines) is 1. The van der Waals surface area contributed by atoms with E-state index in [1.807, 2.05) is 19.2 Å². The second-order valence-corrected chi connectivity index (χ2v) is 9.47. The third-order valence-electron chi connectivity index (χ3n) is 4.69. The monoisotopic (exact) mass is 523 g/mol. The Morgan fingerprint density at radius 2 is 2.04 bits per heavy atom. The average Bonchev–Trinajstić information content (AvgIpc) is 2.62. The molecule has 0 aromatic carbocycles. The van der Waals surface area contributed by atoms with E-state index in [1.54, 1.807) is 0 Å². The van der Waals surface area contributed by atoms with E-state index in [0.29, 0.717) is 19.1 Å². The maximum Gasteiger partial charge on any atom is 0.191 e. The molecule has 1 saturated heterocycles. The quantitative estimate of drug-likeness (QED) is 0.306. The van der Waals surface area contributed by atoms with Gasteiger partial charge in [0.25, 0.3) is 0 Å². The molecule has 0 amide bonds. The van der Waals surface area contributed by atoms with E-state index in [4.69, 9.17) is 0 Å². The Kier molecular flexibility index (Phi) is 11.3. The van der Waals surface area contributed by atoms with Gasteiger partial charge in [0, 0.05) is 56.9 Å². The Morgan fingerprint density at radius 3 is 2.61 bits per heavy atom. The molecular formula is C19H34IN5O2S. The molecule has 1 aromatic rings. The van der Waals surface area contributed by atoms with Crippen LogP contribution in [0.15, 0.2) is 23.3 Å². The van der Waals surface area contributed by atoms with Crippen LogP contribution in [-0.4, -0.2) is 75.0 Å². The number of pyridine rings is 1. The Labute approximate surface area is 186 Å². The zero-order valence-electron chi connectivity index (χ0n) is 17.1. The van der Waals surface area contributed by atoms with Crippen molar-refractivity contribution in [2.75, 3.05) is 44.7 Å². The molecule has 0 aliphatic carbocycles. The van der Waals surface area contributed by atoms with E-state index >= 15 is 0 Å². The van der Waals surface area contributed by atoms with Crippen LogP contribution in [0.25, 0.3) is 0 Å². The molecule has 0 bridgehead atoms. The fourth-order valence-electron chi connectivity index (χ4n) is 3.05. The van der Waals surface area contributed by atoms with Crippen LogP contribution in [0, 0.1) is 6.92 Å². The minimum absolute atomic E-state index is 0. The summed E-state index contributed by atoms with van der Waals surface area (Å²) in [5, 5.41) is 6.84. The van der Waals surface area contributed by atoms with Crippen molar-refractivity contribution in [3.8, 4) is 0 Å². The van der Waals surface area contributed by atoms with Crippen molar-refractivity contribution in [3.63, 3.8) is 0 Å². The van der Waals surface area contributed by atoms with Crippen molar-refractivity contribution >= 4 is 39.8 Å². The molecule has 7 nitrogen and oxygen atoms in total. The fourth-order valence-corrected chi connectivity index (χ4v) is 3.64. The summed E-state index contributed by atoms with van der Waals surface area (Å²) in [6, 6.07) is 4.50. The highest BCUT2D eigenvalue weighted by molar-refractivity contribution is 14.0. The molecule has 0 saturated carbocycles. The fraction of sp³-hybridized carbons (Fsp3) is 0.684. The summed E-state index contributed by atoms with van der Waals surface area (Å²) in [5.74, 6) is 1.09. The zero-order chi connectivity index (χ0) is 19.7. The molecule has 28 heavy (non-hydrogen) atoms. The molecule has 0 radical (unpaired) electrons. The van der Waals surface area contributed by atoms with Gasteiger partial charge in [-0.2, -0.15) is 0 Å². The van der Waals surface area contributed by atoms with Crippen molar-refractivity contribution in [2.24, 2.45) is 4.99 Å². The first-order chi connectivity index (χ1) is 12.9. The molecule has 160 valence electrons. The summed E-state index contributed by atoms with van der Waals surface area (Å²) in [7, 11) is -2.89. The molecule has 1 fully saturated rings. The SMILES string of the molecule is CCNC(=NCCc1ccc(C)nc1)NC1CCN(CCS(C)(=O)=O)CC1.I. The van der Waals surface area contributed by atoms with Crippen LogP contribution in [0.5, 0.6) is 0 Å². The molecule has 1 aliphatic heterocycles. The van der Waals surface area contributed by atoms with E-state index < -0.39 is 9.84 Å². The van der Waals surface area contributed by atoms with Gasteiger partial charge in [-0.3, -0.25) is 9.98 Å². The summed E-state index contributed by atoms with van der Waals surface area (Å²) in [6.07, 6.45) is 6.07. The Balaban J connectivity index is 0.00000392. The lowest BCUT2D eigenvalue weighted by atomic mass is 10.1. The number of aryl methyl sites for hydroxylation is 1.